The molecule has 0 bridgehead atoms. The number of aromatic carboxylic acids is 1. The summed E-state index contributed by atoms with van der Waals surface area (Å²) in [4.78, 5) is 10.4. The van der Waals surface area contributed by atoms with Crippen LogP contribution in [0.5, 0.6) is 5.75 Å². The first-order valence-electron chi connectivity index (χ1n) is 4.09. The maximum atomic E-state index is 13.2. The lowest BCUT2D eigenvalue weighted by Gasteiger charge is -2.10. The number of methoxy groups -OCH3 is 1. The Labute approximate surface area is 91.4 Å². The van der Waals surface area contributed by atoms with Gasteiger partial charge in [-0.05, 0) is 12.1 Å². The predicted octanol–water partition coefficient (Wildman–Crippen LogP) is 0.936. The first kappa shape index (κ1) is 12.4. The van der Waals surface area contributed by atoms with Gasteiger partial charge in [0.25, 0.3) is 0 Å². The van der Waals surface area contributed by atoms with Gasteiger partial charge in [0.05, 0.1) is 7.11 Å². The molecule has 0 saturated carbocycles. The zero-order valence-electron chi connectivity index (χ0n) is 8.52. The summed E-state index contributed by atoms with van der Waals surface area (Å²) in [6.07, 6.45) is 0.883. The first-order chi connectivity index (χ1) is 7.29. The highest BCUT2D eigenvalue weighted by atomic mass is 32.2. The Morgan fingerprint density at radius 2 is 2.00 bits per heavy atom. The fourth-order valence-electron chi connectivity index (χ4n) is 1.23. The van der Waals surface area contributed by atoms with Crippen molar-refractivity contribution in [1.82, 2.24) is 0 Å². The van der Waals surface area contributed by atoms with E-state index in [9.17, 15) is 17.6 Å². The van der Waals surface area contributed by atoms with Crippen LogP contribution in [0, 0.1) is 5.82 Å². The van der Waals surface area contributed by atoms with Crippen molar-refractivity contribution in [3.05, 3.63) is 23.5 Å². The van der Waals surface area contributed by atoms with Gasteiger partial charge < -0.3 is 9.84 Å². The number of rotatable bonds is 3. The minimum absolute atomic E-state index is 0.353. The molecule has 0 spiro atoms. The van der Waals surface area contributed by atoms with E-state index in [2.05, 4.69) is 4.74 Å². The fourth-order valence-corrected chi connectivity index (χ4v) is 2.07. The molecule has 7 heteroatoms. The van der Waals surface area contributed by atoms with Gasteiger partial charge in [-0.15, -0.1) is 0 Å². The first-order valence-corrected chi connectivity index (χ1v) is 5.98. The standard InChI is InChI=1S/C9H9FO5S/c1-15-8-6(16(2,13)14)4-3-5(10)7(8)9(11)12/h3-4H,1-2H3,(H,11,12). The van der Waals surface area contributed by atoms with Crippen molar-refractivity contribution in [1.29, 1.82) is 0 Å². The average Bonchev–Trinajstić information content (AvgIpc) is 2.14. The Balaban J connectivity index is 3.69. The molecule has 1 aromatic rings. The summed E-state index contributed by atoms with van der Waals surface area (Å²) in [6.45, 7) is 0. The molecule has 0 aliphatic heterocycles. The van der Waals surface area contributed by atoms with E-state index in [1.807, 2.05) is 0 Å². The van der Waals surface area contributed by atoms with Crippen molar-refractivity contribution in [2.75, 3.05) is 13.4 Å². The summed E-state index contributed by atoms with van der Waals surface area (Å²) >= 11 is 0. The highest BCUT2D eigenvalue weighted by Crippen LogP contribution is 2.29. The Morgan fingerprint density at radius 1 is 1.44 bits per heavy atom. The van der Waals surface area contributed by atoms with Crippen molar-refractivity contribution in [2.45, 2.75) is 4.90 Å². The Bertz CT molecular complexity index is 535. The molecular formula is C9H9FO5S. The van der Waals surface area contributed by atoms with Gasteiger partial charge in [-0.1, -0.05) is 0 Å². The van der Waals surface area contributed by atoms with Crippen LogP contribution in [0.25, 0.3) is 0 Å². The van der Waals surface area contributed by atoms with Gasteiger partial charge in [0.2, 0.25) is 0 Å². The summed E-state index contributed by atoms with van der Waals surface area (Å²) in [5, 5.41) is 8.75. The predicted molar refractivity (Wildman–Crippen MR) is 53.0 cm³/mol. The number of hydrogen-bond acceptors (Lipinski definition) is 4. The number of ether oxygens (including phenoxy) is 1. The van der Waals surface area contributed by atoms with Gasteiger partial charge in [0, 0.05) is 6.26 Å². The van der Waals surface area contributed by atoms with E-state index in [0.29, 0.717) is 0 Å². The zero-order chi connectivity index (χ0) is 12.5. The summed E-state index contributed by atoms with van der Waals surface area (Å²) in [6, 6.07) is 1.75. The molecular weight excluding hydrogens is 239 g/mol. The van der Waals surface area contributed by atoms with E-state index in [-0.39, 0.29) is 4.90 Å². The number of sulfone groups is 1. The minimum Gasteiger partial charge on any atom is -0.494 e. The van der Waals surface area contributed by atoms with Gasteiger partial charge >= 0.3 is 5.97 Å². The molecule has 1 rings (SSSR count). The number of carbonyl (C=O) groups is 1. The van der Waals surface area contributed by atoms with Crippen LogP contribution in [-0.4, -0.2) is 32.9 Å². The second-order valence-corrected chi connectivity index (χ2v) is 5.02. The largest absolute Gasteiger partial charge is 0.494 e. The number of carboxylic acid groups (broad SMARTS) is 1. The SMILES string of the molecule is COc1c(S(C)(=O)=O)ccc(F)c1C(=O)O. The topological polar surface area (TPSA) is 80.7 Å². The molecule has 0 aliphatic rings. The molecule has 88 valence electrons. The normalized spacial score (nSPS) is 11.2. The summed E-state index contributed by atoms with van der Waals surface area (Å²) in [5.41, 5.74) is -0.787. The lowest BCUT2D eigenvalue weighted by Crippen LogP contribution is -2.09. The molecule has 0 saturated heterocycles. The highest BCUT2D eigenvalue weighted by Gasteiger charge is 2.24. The van der Waals surface area contributed by atoms with Gasteiger partial charge in [-0.25, -0.2) is 17.6 Å². The van der Waals surface area contributed by atoms with Crippen LogP contribution in [0.2, 0.25) is 0 Å². The van der Waals surface area contributed by atoms with E-state index in [4.69, 9.17) is 5.11 Å². The van der Waals surface area contributed by atoms with E-state index >= 15 is 0 Å². The molecule has 0 amide bonds. The third kappa shape index (κ3) is 2.13. The van der Waals surface area contributed by atoms with E-state index in [1.54, 1.807) is 0 Å². The molecule has 0 unspecified atom stereocenters. The molecule has 1 N–H and O–H groups in total. The molecule has 0 radical (unpaired) electrons. The summed E-state index contributed by atoms with van der Waals surface area (Å²) < 4.78 is 40.5. The minimum atomic E-state index is -3.67. The van der Waals surface area contributed by atoms with Crippen molar-refractivity contribution < 1.29 is 27.4 Å². The van der Waals surface area contributed by atoms with Crippen molar-refractivity contribution in [3.63, 3.8) is 0 Å². The van der Waals surface area contributed by atoms with Crippen molar-refractivity contribution in [2.24, 2.45) is 0 Å². The van der Waals surface area contributed by atoms with E-state index in [1.165, 1.54) is 0 Å². The van der Waals surface area contributed by atoms with E-state index < -0.39 is 32.9 Å². The van der Waals surface area contributed by atoms with Crippen LogP contribution < -0.4 is 4.74 Å². The van der Waals surface area contributed by atoms with Gasteiger partial charge in [-0.3, -0.25) is 0 Å². The average molecular weight is 248 g/mol. The molecule has 1 aromatic carbocycles. The Morgan fingerprint density at radius 3 is 2.38 bits per heavy atom. The van der Waals surface area contributed by atoms with Crippen LogP contribution in [0.1, 0.15) is 10.4 Å². The Kier molecular flexibility index (Phi) is 3.18. The van der Waals surface area contributed by atoms with Crippen LogP contribution in [0.15, 0.2) is 17.0 Å². The summed E-state index contributed by atoms with van der Waals surface area (Å²) in [5.74, 6) is -3.12. The molecule has 0 aromatic heterocycles. The Hall–Kier alpha value is -1.63. The second-order valence-electron chi connectivity index (χ2n) is 3.03. The van der Waals surface area contributed by atoms with Gasteiger partial charge in [0.1, 0.15) is 16.3 Å². The number of carboxylic acids is 1. The lowest BCUT2D eigenvalue weighted by atomic mass is 10.2. The molecule has 16 heavy (non-hydrogen) atoms. The third-order valence-electron chi connectivity index (χ3n) is 1.89. The van der Waals surface area contributed by atoms with Crippen LogP contribution in [0.4, 0.5) is 4.39 Å². The molecule has 0 aliphatic carbocycles. The van der Waals surface area contributed by atoms with Crippen LogP contribution >= 0.6 is 0 Å². The number of halogens is 1. The summed E-state index contributed by atoms with van der Waals surface area (Å²) in [7, 11) is -2.59. The van der Waals surface area contributed by atoms with Crippen molar-refractivity contribution >= 4 is 15.8 Å². The molecule has 0 atom stereocenters. The van der Waals surface area contributed by atoms with Gasteiger partial charge in [0.15, 0.2) is 15.6 Å². The van der Waals surface area contributed by atoms with E-state index in [0.717, 1.165) is 25.5 Å². The second kappa shape index (κ2) is 4.09. The molecule has 5 nitrogen and oxygen atoms in total. The molecule has 0 heterocycles. The van der Waals surface area contributed by atoms with Crippen molar-refractivity contribution in [3.8, 4) is 5.75 Å². The monoisotopic (exact) mass is 248 g/mol. The zero-order valence-corrected chi connectivity index (χ0v) is 9.34. The van der Waals surface area contributed by atoms with Gasteiger partial charge in [-0.2, -0.15) is 0 Å². The molecule has 0 fully saturated rings. The number of benzene rings is 1. The maximum absolute atomic E-state index is 13.2. The quantitative estimate of drug-likeness (QED) is 0.805. The number of hydrogen-bond donors (Lipinski definition) is 1. The third-order valence-corrected chi connectivity index (χ3v) is 3.01. The van der Waals surface area contributed by atoms with Crippen LogP contribution in [0.3, 0.4) is 0 Å². The highest BCUT2D eigenvalue weighted by molar-refractivity contribution is 7.90. The fraction of sp³-hybridized carbons (Fsp3) is 0.222. The van der Waals surface area contributed by atoms with Crippen LogP contribution in [-0.2, 0) is 9.84 Å². The lowest BCUT2D eigenvalue weighted by molar-refractivity contribution is 0.0687. The maximum Gasteiger partial charge on any atom is 0.342 e. The smallest absolute Gasteiger partial charge is 0.342 e.